The number of aromatic nitrogens is 1. The Labute approximate surface area is 204 Å². The van der Waals surface area contributed by atoms with Crippen molar-refractivity contribution in [3.05, 3.63) is 63.7 Å². The molecule has 2 aliphatic heterocycles. The predicted octanol–water partition coefficient (Wildman–Crippen LogP) is 4.20. The van der Waals surface area contributed by atoms with Gasteiger partial charge < -0.3 is 19.9 Å². The topological polar surface area (TPSA) is 60.6 Å². The van der Waals surface area contributed by atoms with Gasteiger partial charge in [-0.05, 0) is 54.8 Å². The van der Waals surface area contributed by atoms with Crippen molar-refractivity contribution in [2.75, 3.05) is 50.1 Å². The number of benzene rings is 2. The van der Waals surface area contributed by atoms with Crippen LogP contribution in [0.1, 0.15) is 17.5 Å². The van der Waals surface area contributed by atoms with Crippen molar-refractivity contribution < 1.29 is 9.13 Å². The number of ether oxygens (including phenoxy) is 1. The quantitative estimate of drug-likeness (QED) is 0.569. The number of H-pyrrole nitrogens is 1. The van der Waals surface area contributed by atoms with E-state index in [2.05, 4.69) is 32.2 Å². The highest BCUT2D eigenvalue weighted by Gasteiger charge is 2.21. The summed E-state index contributed by atoms with van der Waals surface area (Å²) in [4.78, 5) is 20.3. The van der Waals surface area contributed by atoms with Gasteiger partial charge in [-0.2, -0.15) is 0 Å². The van der Waals surface area contributed by atoms with Gasteiger partial charge in [-0.1, -0.05) is 0 Å². The highest BCUT2D eigenvalue weighted by Crippen LogP contribution is 2.35. The van der Waals surface area contributed by atoms with Gasteiger partial charge in [-0.3, -0.25) is 9.69 Å². The number of nitrogens with zero attached hydrogens (tertiary/aromatic N) is 2. The molecule has 0 amide bonds. The van der Waals surface area contributed by atoms with Crippen LogP contribution >= 0.6 is 24.8 Å². The summed E-state index contributed by atoms with van der Waals surface area (Å²) in [6.45, 7) is 5.28. The molecule has 2 aromatic carbocycles. The minimum atomic E-state index is -0.206. The summed E-state index contributed by atoms with van der Waals surface area (Å²) in [6.07, 6.45) is 1.75. The average molecular weight is 495 g/mol. The van der Waals surface area contributed by atoms with E-state index in [0.29, 0.717) is 0 Å². The Morgan fingerprint density at radius 1 is 1.06 bits per heavy atom. The van der Waals surface area contributed by atoms with E-state index in [1.165, 1.54) is 12.1 Å². The lowest BCUT2D eigenvalue weighted by Gasteiger charge is -2.36. The van der Waals surface area contributed by atoms with E-state index in [4.69, 9.17) is 4.74 Å². The highest BCUT2D eigenvalue weighted by atomic mass is 35.5. The van der Waals surface area contributed by atoms with E-state index in [9.17, 15) is 9.18 Å². The summed E-state index contributed by atoms with van der Waals surface area (Å²) in [7, 11) is 1.68. The minimum absolute atomic E-state index is 0. The summed E-state index contributed by atoms with van der Waals surface area (Å²) in [5.74, 6) is 0.585. The standard InChI is InChI=1S/C24H27FN4O2.2ClH/c1-31-21-14-16(13-20-22(21)23-19(24(30)27-20)3-2-8-26-23)15-28-9-11-29(12-10-28)18-6-4-17(25)5-7-18;;/h4-7,13-14,26H,2-3,8-12,15H2,1H3,(H,27,30);2*1H. The van der Waals surface area contributed by atoms with Crippen molar-refractivity contribution in [2.24, 2.45) is 0 Å². The van der Waals surface area contributed by atoms with Gasteiger partial charge in [0, 0.05) is 50.5 Å². The van der Waals surface area contributed by atoms with E-state index in [1.54, 1.807) is 7.11 Å². The first kappa shape index (κ1) is 25.1. The van der Waals surface area contributed by atoms with Crippen molar-refractivity contribution in [3.63, 3.8) is 0 Å². The normalized spacial score (nSPS) is 15.8. The van der Waals surface area contributed by atoms with Gasteiger partial charge in [0.25, 0.3) is 5.56 Å². The van der Waals surface area contributed by atoms with Crippen LogP contribution in [0.2, 0.25) is 0 Å². The van der Waals surface area contributed by atoms with Gasteiger partial charge in [-0.25, -0.2) is 4.39 Å². The molecule has 0 bridgehead atoms. The molecule has 3 heterocycles. The third-order valence-corrected chi connectivity index (χ3v) is 6.33. The Bertz CT molecular complexity index is 1160. The zero-order valence-electron chi connectivity index (χ0n) is 18.5. The lowest BCUT2D eigenvalue weighted by atomic mass is 9.99. The third-order valence-electron chi connectivity index (χ3n) is 6.33. The van der Waals surface area contributed by atoms with Crippen LogP contribution < -0.4 is 20.5 Å². The van der Waals surface area contributed by atoms with Crippen LogP contribution in [-0.4, -0.2) is 49.7 Å². The number of methoxy groups -OCH3 is 1. The van der Waals surface area contributed by atoms with Gasteiger partial charge in [0.15, 0.2) is 0 Å². The van der Waals surface area contributed by atoms with Crippen LogP contribution in [-0.2, 0) is 13.0 Å². The van der Waals surface area contributed by atoms with Gasteiger partial charge in [0.1, 0.15) is 11.6 Å². The fraction of sp³-hybridized carbons (Fsp3) is 0.375. The summed E-state index contributed by atoms with van der Waals surface area (Å²) in [5.41, 5.74) is 4.72. The van der Waals surface area contributed by atoms with Gasteiger partial charge in [0.05, 0.1) is 23.7 Å². The fourth-order valence-electron chi connectivity index (χ4n) is 4.73. The highest BCUT2D eigenvalue weighted by molar-refractivity contribution is 5.98. The first-order chi connectivity index (χ1) is 15.1. The molecule has 0 unspecified atom stereocenters. The van der Waals surface area contributed by atoms with Crippen LogP contribution in [0, 0.1) is 5.82 Å². The number of anilines is 2. The van der Waals surface area contributed by atoms with Crippen LogP contribution in [0.3, 0.4) is 0 Å². The third kappa shape index (κ3) is 5.05. The van der Waals surface area contributed by atoms with Crippen LogP contribution in [0.15, 0.2) is 41.2 Å². The summed E-state index contributed by atoms with van der Waals surface area (Å²) >= 11 is 0. The number of aromatic amines is 1. The summed E-state index contributed by atoms with van der Waals surface area (Å²) in [5, 5.41) is 4.37. The van der Waals surface area contributed by atoms with Crippen LogP contribution in [0.4, 0.5) is 15.8 Å². The number of halogens is 3. The first-order valence-electron chi connectivity index (χ1n) is 10.8. The molecule has 1 fully saturated rings. The van der Waals surface area contributed by atoms with Crippen LogP contribution in [0.25, 0.3) is 10.9 Å². The Morgan fingerprint density at radius 2 is 1.79 bits per heavy atom. The van der Waals surface area contributed by atoms with E-state index in [-0.39, 0.29) is 36.2 Å². The molecule has 6 nitrogen and oxygen atoms in total. The molecule has 3 aromatic rings. The Hall–Kier alpha value is -2.48. The summed E-state index contributed by atoms with van der Waals surface area (Å²) in [6, 6.07) is 10.9. The number of pyridine rings is 1. The maximum Gasteiger partial charge on any atom is 0.253 e. The number of hydrogen-bond acceptors (Lipinski definition) is 5. The molecule has 0 saturated carbocycles. The van der Waals surface area contributed by atoms with Crippen molar-refractivity contribution in [3.8, 4) is 5.75 Å². The maximum atomic E-state index is 13.2. The SMILES string of the molecule is COc1cc(CN2CCN(c3ccc(F)cc3)CC2)cc2[nH]c(=O)c3c(c12)NCCC3.Cl.Cl. The molecule has 0 aliphatic carbocycles. The second-order valence-electron chi connectivity index (χ2n) is 8.30. The van der Waals surface area contributed by atoms with Crippen molar-refractivity contribution in [1.29, 1.82) is 0 Å². The van der Waals surface area contributed by atoms with Crippen molar-refractivity contribution in [2.45, 2.75) is 19.4 Å². The second-order valence-corrected chi connectivity index (χ2v) is 8.30. The smallest absolute Gasteiger partial charge is 0.253 e. The number of hydrogen-bond donors (Lipinski definition) is 2. The van der Waals surface area contributed by atoms with E-state index < -0.39 is 0 Å². The van der Waals surface area contributed by atoms with Crippen LogP contribution in [0.5, 0.6) is 5.75 Å². The molecule has 9 heteroatoms. The number of piperazine rings is 1. The van der Waals surface area contributed by atoms with Crippen molar-refractivity contribution >= 4 is 47.1 Å². The monoisotopic (exact) mass is 494 g/mol. The fourth-order valence-corrected chi connectivity index (χ4v) is 4.73. The van der Waals surface area contributed by atoms with E-state index >= 15 is 0 Å². The molecule has 2 aliphatic rings. The molecule has 0 atom stereocenters. The van der Waals surface area contributed by atoms with Gasteiger partial charge >= 0.3 is 0 Å². The first-order valence-corrected chi connectivity index (χ1v) is 10.8. The van der Waals surface area contributed by atoms with Gasteiger partial charge in [-0.15, -0.1) is 24.8 Å². The molecule has 0 spiro atoms. The largest absolute Gasteiger partial charge is 0.496 e. The molecular formula is C24H29Cl2FN4O2. The predicted molar refractivity (Wildman–Crippen MR) is 136 cm³/mol. The maximum absolute atomic E-state index is 13.2. The molecule has 0 radical (unpaired) electrons. The molecule has 33 heavy (non-hydrogen) atoms. The molecule has 2 N–H and O–H groups in total. The number of fused-ring (bicyclic) bond motifs is 3. The second kappa shape index (κ2) is 10.6. The molecule has 1 aromatic heterocycles. The Kier molecular flexibility index (Phi) is 8.10. The Balaban J connectivity index is 0.00000153. The molecule has 178 valence electrons. The van der Waals surface area contributed by atoms with E-state index in [0.717, 1.165) is 91.3 Å². The zero-order chi connectivity index (χ0) is 21.4. The lowest BCUT2D eigenvalue weighted by Crippen LogP contribution is -2.45. The zero-order valence-corrected chi connectivity index (χ0v) is 20.2. The molecular weight excluding hydrogens is 466 g/mol. The number of rotatable bonds is 4. The summed E-state index contributed by atoms with van der Waals surface area (Å²) < 4.78 is 18.9. The Morgan fingerprint density at radius 3 is 2.48 bits per heavy atom. The molecule has 5 rings (SSSR count). The number of nitrogens with one attached hydrogen (secondary N) is 2. The average Bonchev–Trinajstić information content (AvgIpc) is 2.80. The van der Waals surface area contributed by atoms with E-state index in [1.807, 2.05) is 12.1 Å². The van der Waals surface area contributed by atoms with Crippen molar-refractivity contribution in [1.82, 2.24) is 9.88 Å². The molecule has 1 saturated heterocycles. The minimum Gasteiger partial charge on any atom is -0.496 e. The lowest BCUT2D eigenvalue weighted by molar-refractivity contribution is 0.249. The van der Waals surface area contributed by atoms with Gasteiger partial charge in [0.2, 0.25) is 0 Å².